The lowest BCUT2D eigenvalue weighted by molar-refractivity contribution is 0.0183. The van der Waals surface area contributed by atoms with Crippen molar-refractivity contribution in [2.45, 2.75) is 32.4 Å². The largest absolute Gasteiger partial charge is 0.508 e. The summed E-state index contributed by atoms with van der Waals surface area (Å²) in [4.78, 5) is 24.0. The summed E-state index contributed by atoms with van der Waals surface area (Å²) in [5.74, 6) is 1.43. The zero-order chi connectivity index (χ0) is 20.9. The molecule has 0 unspecified atom stereocenters. The van der Waals surface area contributed by atoms with Crippen molar-refractivity contribution in [2.24, 2.45) is 0 Å². The number of nitrogens with one attached hydrogen (secondary N) is 1. The number of halogens is 1. The van der Waals surface area contributed by atoms with E-state index in [9.17, 15) is 4.79 Å². The van der Waals surface area contributed by atoms with Gasteiger partial charge in [-0.05, 0) is 18.6 Å². The molecule has 7 nitrogen and oxygen atoms in total. The van der Waals surface area contributed by atoms with Gasteiger partial charge in [-0.15, -0.1) is 11.3 Å². The highest BCUT2D eigenvalue weighted by atomic mass is 35.5. The minimum atomic E-state index is -0.603. The highest BCUT2D eigenvalue weighted by molar-refractivity contribution is 7.22. The molecule has 1 aliphatic rings. The second kappa shape index (κ2) is 9.49. The van der Waals surface area contributed by atoms with Crippen LogP contribution in [-0.4, -0.2) is 41.9 Å². The van der Waals surface area contributed by atoms with Crippen molar-refractivity contribution < 1.29 is 14.3 Å². The minimum Gasteiger partial charge on any atom is -0.435 e. The number of anilines is 2. The van der Waals surface area contributed by atoms with E-state index < -0.39 is 6.16 Å². The molecule has 0 saturated carbocycles. The summed E-state index contributed by atoms with van der Waals surface area (Å²) in [6.07, 6.45) is 0.668. The molecule has 0 bridgehead atoms. The minimum absolute atomic E-state index is 0.143. The van der Waals surface area contributed by atoms with Crippen molar-refractivity contribution in [1.29, 1.82) is 0 Å². The predicted octanol–water partition coefficient (Wildman–Crippen LogP) is 5.10. The van der Waals surface area contributed by atoms with E-state index in [1.54, 1.807) is 6.92 Å². The number of hydrogen-bond donors (Lipinski definition) is 1. The van der Waals surface area contributed by atoms with Crippen LogP contribution >= 0.6 is 22.9 Å². The second-order valence-corrected chi connectivity index (χ2v) is 8.63. The van der Waals surface area contributed by atoms with E-state index in [0.717, 1.165) is 16.0 Å². The fourth-order valence-electron chi connectivity index (χ4n) is 3.40. The molecule has 0 aliphatic carbocycles. The van der Waals surface area contributed by atoms with Crippen LogP contribution in [0.4, 0.5) is 16.6 Å². The van der Waals surface area contributed by atoms with E-state index in [0.29, 0.717) is 49.4 Å². The van der Waals surface area contributed by atoms with Crippen LogP contribution < -0.4 is 10.2 Å². The van der Waals surface area contributed by atoms with Gasteiger partial charge in [-0.2, -0.15) is 4.98 Å². The second-order valence-electron chi connectivity index (χ2n) is 6.97. The summed E-state index contributed by atoms with van der Waals surface area (Å²) >= 11 is 7.69. The van der Waals surface area contributed by atoms with Crippen molar-refractivity contribution in [3.8, 4) is 0 Å². The van der Waals surface area contributed by atoms with Crippen LogP contribution in [0.15, 0.2) is 36.4 Å². The number of ether oxygens (including phenoxy) is 2. The van der Waals surface area contributed by atoms with Gasteiger partial charge in [-0.1, -0.05) is 41.9 Å². The van der Waals surface area contributed by atoms with E-state index in [4.69, 9.17) is 31.0 Å². The lowest BCUT2D eigenvalue weighted by atomic mass is 10.1. The molecule has 1 aliphatic heterocycles. The maximum absolute atomic E-state index is 11.5. The van der Waals surface area contributed by atoms with Crippen LogP contribution in [-0.2, 0) is 16.0 Å². The maximum Gasteiger partial charge on any atom is 0.508 e. The third-order valence-electron chi connectivity index (χ3n) is 4.90. The van der Waals surface area contributed by atoms with Crippen molar-refractivity contribution in [1.82, 2.24) is 9.97 Å². The van der Waals surface area contributed by atoms with E-state index in [-0.39, 0.29) is 6.10 Å². The number of benzene rings is 1. The number of hydrogen-bond acceptors (Lipinski definition) is 8. The number of rotatable bonds is 6. The van der Waals surface area contributed by atoms with Crippen LogP contribution in [0.5, 0.6) is 0 Å². The van der Waals surface area contributed by atoms with Gasteiger partial charge in [0.1, 0.15) is 16.8 Å². The quantitative estimate of drug-likeness (QED) is 0.528. The molecule has 1 saturated heterocycles. The molecule has 2 aromatic heterocycles. The summed E-state index contributed by atoms with van der Waals surface area (Å²) < 4.78 is 10.9. The maximum atomic E-state index is 11.5. The number of thiophene rings is 1. The average Bonchev–Trinajstić information content (AvgIpc) is 3.13. The third-order valence-corrected chi connectivity index (χ3v) is 6.06. The molecular formula is C21H23ClN4O3S. The van der Waals surface area contributed by atoms with Gasteiger partial charge in [-0.3, -0.25) is 0 Å². The number of nitrogens with zero attached hydrogens (tertiary/aromatic N) is 3. The predicted molar refractivity (Wildman–Crippen MR) is 120 cm³/mol. The number of carbonyl (C=O) groups excluding carboxylic acids is 1. The van der Waals surface area contributed by atoms with E-state index in [1.807, 2.05) is 24.3 Å². The van der Waals surface area contributed by atoms with Gasteiger partial charge in [-0.25, -0.2) is 9.78 Å². The standard InChI is InChI=1S/C21H23ClN4O3S/c1-2-28-21(27)29-15-8-10-26(11-9-15)20-24-18(16-12-17(22)30-19(16)25-20)23-13-14-6-4-3-5-7-14/h3-7,12,15H,2,8-11,13H2,1H3,(H,23,24,25). The van der Waals surface area contributed by atoms with Crippen LogP contribution in [0.1, 0.15) is 25.3 Å². The zero-order valence-electron chi connectivity index (χ0n) is 16.6. The molecule has 0 spiro atoms. The van der Waals surface area contributed by atoms with Gasteiger partial charge in [0.2, 0.25) is 5.95 Å². The molecule has 158 valence electrons. The first-order valence-electron chi connectivity index (χ1n) is 9.95. The number of piperidine rings is 1. The molecule has 1 aromatic carbocycles. The molecular weight excluding hydrogens is 424 g/mol. The van der Waals surface area contributed by atoms with Crippen molar-refractivity contribution in [2.75, 3.05) is 29.9 Å². The Kier molecular flexibility index (Phi) is 6.54. The summed E-state index contributed by atoms with van der Waals surface area (Å²) in [6.45, 7) is 4.14. The highest BCUT2D eigenvalue weighted by Crippen LogP contribution is 2.34. The normalized spacial score (nSPS) is 14.7. The molecule has 4 rings (SSSR count). The summed E-state index contributed by atoms with van der Waals surface area (Å²) in [7, 11) is 0. The molecule has 0 amide bonds. The van der Waals surface area contributed by atoms with E-state index >= 15 is 0 Å². The lowest BCUT2D eigenvalue weighted by Crippen LogP contribution is -2.39. The molecule has 0 radical (unpaired) electrons. The third kappa shape index (κ3) is 4.94. The Bertz CT molecular complexity index is 1010. The Hall–Kier alpha value is -2.58. The first kappa shape index (κ1) is 20.7. The van der Waals surface area contributed by atoms with Gasteiger partial charge in [0.05, 0.1) is 16.3 Å². The first-order valence-corrected chi connectivity index (χ1v) is 11.1. The molecule has 3 heterocycles. The van der Waals surface area contributed by atoms with E-state index in [2.05, 4.69) is 22.3 Å². The van der Waals surface area contributed by atoms with Gasteiger partial charge < -0.3 is 19.7 Å². The first-order chi connectivity index (χ1) is 14.6. The SMILES string of the molecule is CCOC(=O)OC1CCN(c2nc(NCc3ccccc3)c3cc(Cl)sc3n2)CC1. The Morgan fingerprint density at radius 1 is 1.27 bits per heavy atom. The van der Waals surface area contributed by atoms with Crippen LogP contribution in [0.25, 0.3) is 10.2 Å². The summed E-state index contributed by atoms with van der Waals surface area (Å²) in [6, 6.07) is 12.1. The Morgan fingerprint density at radius 3 is 2.77 bits per heavy atom. The lowest BCUT2D eigenvalue weighted by Gasteiger charge is -2.31. The summed E-state index contributed by atoms with van der Waals surface area (Å²) in [5.41, 5.74) is 1.17. The Balaban J connectivity index is 1.48. The van der Waals surface area contributed by atoms with Gasteiger partial charge in [0.15, 0.2) is 0 Å². The molecule has 3 aromatic rings. The topological polar surface area (TPSA) is 76.6 Å². The molecule has 9 heteroatoms. The summed E-state index contributed by atoms with van der Waals surface area (Å²) in [5, 5.41) is 4.35. The van der Waals surface area contributed by atoms with Crippen LogP contribution in [0, 0.1) is 0 Å². The van der Waals surface area contributed by atoms with Crippen molar-refractivity contribution in [3.05, 3.63) is 46.3 Å². The molecule has 30 heavy (non-hydrogen) atoms. The average molecular weight is 447 g/mol. The number of aromatic nitrogens is 2. The van der Waals surface area contributed by atoms with E-state index in [1.165, 1.54) is 16.9 Å². The molecule has 1 N–H and O–H groups in total. The molecule has 0 atom stereocenters. The monoisotopic (exact) mass is 446 g/mol. The van der Waals surface area contributed by atoms with Gasteiger partial charge in [0, 0.05) is 32.5 Å². The van der Waals surface area contributed by atoms with Gasteiger partial charge >= 0.3 is 6.16 Å². The smallest absolute Gasteiger partial charge is 0.435 e. The van der Waals surface area contributed by atoms with Crippen molar-refractivity contribution >= 4 is 51.1 Å². The Morgan fingerprint density at radius 2 is 2.03 bits per heavy atom. The fraction of sp³-hybridized carbons (Fsp3) is 0.381. The van der Waals surface area contributed by atoms with Crippen LogP contribution in [0.2, 0.25) is 4.34 Å². The van der Waals surface area contributed by atoms with Crippen molar-refractivity contribution in [3.63, 3.8) is 0 Å². The number of fused-ring (bicyclic) bond motifs is 1. The Labute approximate surface area is 184 Å². The highest BCUT2D eigenvalue weighted by Gasteiger charge is 2.25. The van der Waals surface area contributed by atoms with Gasteiger partial charge in [0.25, 0.3) is 0 Å². The zero-order valence-corrected chi connectivity index (χ0v) is 18.2. The van der Waals surface area contributed by atoms with Crippen LogP contribution in [0.3, 0.4) is 0 Å². The number of carbonyl (C=O) groups is 1. The molecule has 1 fully saturated rings. The fourth-order valence-corrected chi connectivity index (χ4v) is 4.48.